The summed E-state index contributed by atoms with van der Waals surface area (Å²) in [6, 6.07) is 17.8. The van der Waals surface area contributed by atoms with Gasteiger partial charge in [-0.3, -0.25) is 9.63 Å². The number of hydroxylamine groups is 2. The maximum Gasteiger partial charge on any atom is 0.407 e. The maximum absolute atomic E-state index is 12.7. The molecule has 2 N–H and O–H groups in total. The quantitative estimate of drug-likeness (QED) is 0.645. The molecule has 7 nitrogen and oxygen atoms in total. The molecule has 0 aromatic heterocycles. The van der Waals surface area contributed by atoms with Crippen LogP contribution in [-0.4, -0.2) is 49.0 Å². The van der Waals surface area contributed by atoms with E-state index in [1.807, 2.05) is 60.7 Å². The highest BCUT2D eigenvalue weighted by Crippen LogP contribution is 2.16. The topological polar surface area (TPSA) is 88.1 Å². The van der Waals surface area contributed by atoms with Gasteiger partial charge in [0, 0.05) is 7.05 Å². The molecule has 0 bridgehead atoms. The molecule has 0 fully saturated rings. The largest absolute Gasteiger partial charge is 0.445 e. The molecule has 0 unspecified atom stereocenters. The summed E-state index contributed by atoms with van der Waals surface area (Å²) in [5.74, 6) is -1.07. The van der Waals surface area contributed by atoms with E-state index in [1.54, 1.807) is 0 Å². The van der Waals surface area contributed by atoms with Gasteiger partial charge in [0.15, 0.2) is 0 Å². The summed E-state index contributed by atoms with van der Waals surface area (Å²) in [5, 5.41) is 13.5. The number of nitrogens with zero attached hydrogens (tertiary/aromatic N) is 1. The van der Waals surface area contributed by atoms with E-state index in [0.29, 0.717) is 6.42 Å². The molecule has 2 atom stereocenters. The second-order valence-corrected chi connectivity index (χ2v) is 6.31. The van der Waals surface area contributed by atoms with Crippen molar-refractivity contribution in [2.24, 2.45) is 5.92 Å². The van der Waals surface area contributed by atoms with Crippen LogP contribution < -0.4 is 5.32 Å². The summed E-state index contributed by atoms with van der Waals surface area (Å²) in [5.41, 5.74) is 1.75. The monoisotopic (exact) mass is 386 g/mol. The Kier molecular flexibility index (Phi) is 8.45. The third kappa shape index (κ3) is 6.37. The molecule has 2 aromatic carbocycles. The predicted molar refractivity (Wildman–Crippen MR) is 104 cm³/mol. The number of ether oxygens (including phenoxy) is 1. The van der Waals surface area contributed by atoms with E-state index >= 15 is 0 Å². The lowest BCUT2D eigenvalue weighted by Gasteiger charge is -2.28. The lowest BCUT2D eigenvalue weighted by molar-refractivity contribution is -0.174. The van der Waals surface area contributed by atoms with Gasteiger partial charge in [-0.1, -0.05) is 60.7 Å². The Labute approximate surface area is 164 Å². The Morgan fingerprint density at radius 2 is 1.61 bits per heavy atom. The minimum atomic E-state index is -0.825. The number of aliphatic hydroxyl groups excluding tert-OH is 1. The van der Waals surface area contributed by atoms with Gasteiger partial charge in [0.2, 0.25) is 0 Å². The first kappa shape index (κ1) is 21.4. The van der Waals surface area contributed by atoms with Gasteiger partial charge in [0.1, 0.15) is 6.61 Å². The highest BCUT2D eigenvalue weighted by Gasteiger charge is 2.32. The maximum atomic E-state index is 12.7. The van der Waals surface area contributed by atoms with E-state index in [9.17, 15) is 14.7 Å². The highest BCUT2D eigenvalue weighted by molar-refractivity contribution is 5.79. The predicted octanol–water partition coefficient (Wildman–Crippen LogP) is 2.15. The van der Waals surface area contributed by atoms with Crippen LogP contribution in [0.4, 0.5) is 4.79 Å². The zero-order valence-electron chi connectivity index (χ0n) is 16.1. The van der Waals surface area contributed by atoms with Gasteiger partial charge in [0.25, 0.3) is 5.91 Å². The Hall–Kier alpha value is -2.90. The van der Waals surface area contributed by atoms with E-state index in [2.05, 4.69) is 5.32 Å². The van der Waals surface area contributed by atoms with Crippen molar-refractivity contribution >= 4 is 12.0 Å². The lowest BCUT2D eigenvalue weighted by Crippen LogP contribution is -2.50. The number of alkyl carbamates (subject to hydrolysis) is 1. The van der Waals surface area contributed by atoms with Crippen molar-refractivity contribution in [3.8, 4) is 0 Å². The fourth-order valence-corrected chi connectivity index (χ4v) is 2.78. The Balaban J connectivity index is 2.07. The van der Waals surface area contributed by atoms with Crippen molar-refractivity contribution in [2.75, 3.05) is 20.8 Å². The van der Waals surface area contributed by atoms with E-state index in [1.165, 1.54) is 14.2 Å². The molecule has 0 aliphatic heterocycles. The Morgan fingerprint density at radius 3 is 2.14 bits per heavy atom. The van der Waals surface area contributed by atoms with Crippen molar-refractivity contribution in [1.82, 2.24) is 10.4 Å². The molecule has 0 heterocycles. The van der Waals surface area contributed by atoms with Gasteiger partial charge in [-0.05, 0) is 17.5 Å². The summed E-state index contributed by atoms with van der Waals surface area (Å²) in [6.07, 6.45) is -0.369. The number of hydrogen-bond donors (Lipinski definition) is 2. The summed E-state index contributed by atoms with van der Waals surface area (Å²) in [4.78, 5) is 29.9. The third-order valence-corrected chi connectivity index (χ3v) is 4.40. The normalized spacial score (nSPS) is 12.7. The zero-order chi connectivity index (χ0) is 20.4. The van der Waals surface area contributed by atoms with Gasteiger partial charge in [-0.2, -0.15) is 0 Å². The van der Waals surface area contributed by atoms with Crippen LogP contribution in [0.5, 0.6) is 0 Å². The fraction of sp³-hybridized carbons (Fsp3) is 0.333. The average Bonchev–Trinajstić information content (AvgIpc) is 2.75. The summed E-state index contributed by atoms with van der Waals surface area (Å²) < 4.78 is 5.21. The molecule has 2 aromatic rings. The number of amides is 2. The number of benzene rings is 2. The smallest absolute Gasteiger partial charge is 0.407 e. The van der Waals surface area contributed by atoms with E-state index in [-0.39, 0.29) is 12.5 Å². The summed E-state index contributed by atoms with van der Waals surface area (Å²) in [6.45, 7) is -0.318. The molecule has 0 spiro atoms. The molecule has 28 heavy (non-hydrogen) atoms. The minimum Gasteiger partial charge on any atom is -0.445 e. The minimum absolute atomic E-state index is 0.0973. The molecule has 0 aliphatic rings. The first-order valence-corrected chi connectivity index (χ1v) is 8.98. The first-order valence-electron chi connectivity index (χ1n) is 8.98. The Morgan fingerprint density at radius 1 is 1.04 bits per heavy atom. The first-order chi connectivity index (χ1) is 13.5. The highest BCUT2D eigenvalue weighted by atomic mass is 16.7. The number of carbonyl (C=O) groups excluding carboxylic acids is 2. The summed E-state index contributed by atoms with van der Waals surface area (Å²) >= 11 is 0. The molecule has 150 valence electrons. The van der Waals surface area contributed by atoms with Gasteiger partial charge in [0.05, 0.1) is 25.7 Å². The summed E-state index contributed by atoms with van der Waals surface area (Å²) in [7, 11) is 2.87. The van der Waals surface area contributed by atoms with Crippen LogP contribution in [0.25, 0.3) is 0 Å². The molecule has 2 amide bonds. The molecule has 0 saturated heterocycles. The zero-order valence-corrected chi connectivity index (χ0v) is 16.1. The van der Waals surface area contributed by atoms with Crippen LogP contribution in [0, 0.1) is 5.92 Å². The van der Waals surface area contributed by atoms with Crippen LogP contribution in [0.3, 0.4) is 0 Å². The third-order valence-electron chi connectivity index (χ3n) is 4.40. The van der Waals surface area contributed by atoms with Crippen LogP contribution in [0.2, 0.25) is 0 Å². The number of rotatable bonds is 9. The van der Waals surface area contributed by atoms with Crippen molar-refractivity contribution in [3.05, 3.63) is 71.8 Å². The van der Waals surface area contributed by atoms with Gasteiger partial charge in [-0.15, -0.1) is 0 Å². The van der Waals surface area contributed by atoms with E-state index in [4.69, 9.17) is 9.57 Å². The van der Waals surface area contributed by atoms with Crippen molar-refractivity contribution in [1.29, 1.82) is 0 Å². The SMILES string of the molecule is CON(C)C(=O)[C@H](Cc1ccccc1)[C@H](CO)NC(=O)OCc1ccccc1. The lowest BCUT2D eigenvalue weighted by atomic mass is 9.91. The molecule has 0 aliphatic carbocycles. The van der Waals surface area contributed by atoms with Crippen LogP contribution in [0.1, 0.15) is 11.1 Å². The second-order valence-electron chi connectivity index (χ2n) is 6.31. The Bertz CT molecular complexity index is 739. The molecule has 7 heteroatoms. The number of hydrogen-bond acceptors (Lipinski definition) is 5. The molecule has 2 rings (SSSR count). The molecule has 0 saturated carbocycles. The molecular formula is C21H26N2O5. The number of aliphatic hydroxyl groups is 1. The number of carbonyl (C=O) groups is 2. The fourth-order valence-electron chi connectivity index (χ4n) is 2.78. The van der Waals surface area contributed by atoms with Crippen molar-refractivity contribution in [2.45, 2.75) is 19.1 Å². The van der Waals surface area contributed by atoms with Crippen LogP contribution >= 0.6 is 0 Å². The van der Waals surface area contributed by atoms with Gasteiger partial charge < -0.3 is 15.2 Å². The number of nitrogens with one attached hydrogen (secondary N) is 1. The van der Waals surface area contributed by atoms with Gasteiger partial charge >= 0.3 is 6.09 Å². The second kappa shape index (κ2) is 11.1. The van der Waals surface area contributed by atoms with Gasteiger partial charge in [-0.25, -0.2) is 9.86 Å². The molecular weight excluding hydrogens is 360 g/mol. The van der Waals surface area contributed by atoms with E-state index < -0.39 is 24.7 Å². The average molecular weight is 386 g/mol. The van der Waals surface area contributed by atoms with Crippen LogP contribution in [-0.2, 0) is 27.4 Å². The van der Waals surface area contributed by atoms with Crippen molar-refractivity contribution in [3.63, 3.8) is 0 Å². The van der Waals surface area contributed by atoms with Crippen molar-refractivity contribution < 1.29 is 24.3 Å². The standard InChI is InChI=1S/C21H26N2O5/c1-23(27-2)20(25)18(13-16-9-5-3-6-10-16)19(14-24)22-21(26)28-15-17-11-7-4-8-12-17/h3-12,18-19,24H,13-15H2,1-2H3,(H,22,26)/t18-,19+/m1/s1. The van der Waals surface area contributed by atoms with Crippen LogP contribution in [0.15, 0.2) is 60.7 Å². The van der Waals surface area contributed by atoms with E-state index in [0.717, 1.165) is 16.2 Å². The molecule has 0 radical (unpaired) electrons.